The van der Waals surface area contributed by atoms with E-state index in [1.165, 1.54) is 12.1 Å². The Kier molecular flexibility index (Phi) is 4.34. The molecule has 0 fully saturated rings. The summed E-state index contributed by atoms with van der Waals surface area (Å²) in [5.41, 5.74) is 4.57. The Labute approximate surface area is 131 Å². The van der Waals surface area contributed by atoms with Crippen LogP contribution in [0.4, 0.5) is 34.6 Å². The third-order valence-corrected chi connectivity index (χ3v) is 3.49. The third kappa shape index (κ3) is 3.59. The van der Waals surface area contributed by atoms with Gasteiger partial charge in [0.25, 0.3) is 0 Å². The molecule has 2 nitrogen and oxygen atoms in total. The maximum absolute atomic E-state index is 13.5. The van der Waals surface area contributed by atoms with Gasteiger partial charge in [0.2, 0.25) is 0 Å². The summed E-state index contributed by atoms with van der Waals surface area (Å²) in [6.45, 7) is 0. The molecule has 0 aliphatic heterocycles. The molecule has 0 spiro atoms. The van der Waals surface area contributed by atoms with Gasteiger partial charge in [0.15, 0.2) is 0 Å². The minimum atomic E-state index is -4.60. The lowest BCUT2D eigenvalue weighted by molar-refractivity contribution is -0.136. The molecule has 2 aromatic rings. The summed E-state index contributed by atoms with van der Waals surface area (Å²) >= 11 is 8.53. The molecular weight excluding hydrogens is 376 g/mol. The van der Waals surface area contributed by atoms with Crippen molar-refractivity contribution in [1.82, 2.24) is 0 Å². The molecule has 0 aliphatic rings. The van der Waals surface area contributed by atoms with Gasteiger partial charge in [-0.05, 0) is 40.2 Å². The van der Waals surface area contributed by atoms with Gasteiger partial charge in [-0.3, -0.25) is 0 Å². The van der Waals surface area contributed by atoms with Crippen molar-refractivity contribution in [1.29, 1.82) is 0 Å². The fourth-order valence-electron chi connectivity index (χ4n) is 1.68. The normalized spacial score (nSPS) is 11.5. The number of nitrogens with one attached hydrogen (secondary N) is 1. The second-order valence-corrected chi connectivity index (χ2v) is 5.46. The number of hydrogen-bond acceptors (Lipinski definition) is 2. The van der Waals surface area contributed by atoms with Crippen LogP contribution < -0.4 is 11.1 Å². The van der Waals surface area contributed by atoms with E-state index in [1.807, 2.05) is 0 Å². The van der Waals surface area contributed by atoms with E-state index in [2.05, 4.69) is 21.2 Å². The maximum atomic E-state index is 13.5. The van der Waals surface area contributed by atoms with Crippen LogP contribution in [0, 0.1) is 5.82 Å². The molecule has 8 heteroatoms. The predicted molar refractivity (Wildman–Crippen MR) is 78.2 cm³/mol. The van der Waals surface area contributed by atoms with Gasteiger partial charge < -0.3 is 11.1 Å². The number of benzene rings is 2. The van der Waals surface area contributed by atoms with Crippen molar-refractivity contribution >= 4 is 44.6 Å². The van der Waals surface area contributed by atoms with E-state index in [0.717, 1.165) is 18.2 Å². The average Bonchev–Trinajstić information content (AvgIpc) is 2.36. The lowest BCUT2D eigenvalue weighted by Crippen LogP contribution is -2.09. The lowest BCUT2D eigenvalue weighted by Gasteiger charge is -2.16. The van der Waals surface area contributed by atoms with Crippen molar-refractivity contribution in [3.63, 3.8) is 0 Å². The summed E-state index contributed by atoms with van der Waals surface area (Å²) < 4.78 is 52.5. The highest BCUT2D eigenvalue weighted by Gasteiger charge is 2.34. The zero-order valence-corrected chi connectivity index (χ0v) is 12.6. The van der Waals surface area contributed by atoms with Crippen LogP contribution in [0.15, 0.2) is 34.8 Å². The van der Waals surface area contributed by atoms with Crippen LogP contribution in [-0.4, -0.2) is 0 Å². The highest BCUT2D eigenvalue weighted by Crippen LogP contribution is 2.39. The van der Waals surface area contributed by atoms with Crippen LogP contribution in [0.5, 0.6) is 0 Å². The lowest BCUT2D eigenvalue weighted by atomic mass is 10.1. The van der Waals surface area contributed by atoms with Gasteiger partial charge in [-0.1, -0.05) is 11.6 Å². The Bertz CT molecular complexity index is 689. The van der Waals surface area contributed by atoms with Crippen LogP contribution in [0.1, 0.15) is 5.56 Å². The molecule has 2 rings (SSSR count). The zero-order valence-electron chi connectivity index (χ0n) is 10.2. The van der Waals surface area contributed by atoms with E-state index >= 15 is 0 Å². The van der Waals surface area contributed by atoms with E-state index in [9.17, 15) is 17.6 Å². The van der Waals surface area contributed by atoms with Crippen LogP contribution in [0.25, 0.3) is 0 Å². The van der Waals surface area contributed by atoms with Crippen molar-refractivity contribution < 1.29 is 17.6 Å². The van der Waals surface area contributed by atoms with Gasteiger partial charge in [-0.25, -0.2) is 4.39 Å². The Hall–Kier alpha value is -1.47. The van der Waals surface area contributed by atoms with Gasteiger partial charge >= 0.3 is 6.18 Å². The highest BCUT2D eigenvalue weighted by molar-refractivity contribution is 9.10. The fraction of sp³-hybridized carbons (Fsp3) is 0.0769. The van der Waals surface area contributed by atoms with Crippen LogP contribution in [-0.2, 0) is 6.18 Å². The number of rotatable bonds is 2. The topological polar surface area (TPSA) is 38.0 Å². The molecule has 0 saturated heterocycles. The van der Waals surface area contributed by atoms with Gasteiger partial charge in [-0.15, -0.1) is 0 Å². The minimum Gasteiger partial charge on any atom is -0.397 e. The maximum Gasteiger partial charge on any atom is 0.418 e. The molecular formula is C13H8BrClF4N2. The van der Waals surface area contributed by atoms with E-state index < -0.39 is 17.6 Å². The second kappa shape index (κ2) is 5.73. The van der Waals surface area contributed by atoms with Crippen molar-refractivity contribution in [3.8, 4) is 0 Å². The van der Waals surface area contributed by atoms with Crippen LogP contribution >= 0.6 is 27.5 Å². The SMILES string of the molecule is Nc1cc(Br)c(F)cc1Nc1ccc(Cl)cc1C(F)(F)F. The summed E-state index contributed by atoms with van der Waals surface area (Å²) in [6, 6.07) is 5.51. The van der Waals surface area contributed by atoms with E-state index in [-0.39, 0.29) is 26.6 Å². The average molecular weight is 384 g/mol. The molecule has 3 N–H and O–H groups in total. The van der Waals surface area contributed by atoms with Crippen molar-refractivity contribution in [2.75, 3.05) is 11.1 Å². The standard InChI is InChI=1S/C13H8BrClF4N2/c14-8-4-10(20)12(5-9(8)16)21-11-2-1-6(15)3-7(11)13(17,18)19/h1-5,21H,20H2. The minimum absolute atomic E-state index is 0.0310. The summed E-state index contributed by atoms with van der Waals surface area (Å²) in [6.07, 6.45) is -4.60. The first-order valence-corrected chi connectivity index (χ1v) is 6.74. The molecule has 0 bridgehead atoms. The Balaban J connectivity index is 2.47. The molecule has 0 aliphatic carbocycles. The number of nitrogens with two attached hydrogens (primary N) is 1. The van der Waals surface area contributed by atoms with Crippen molar-refractivity contribution in [2.24, 2.45) is 0 Å². The molecule has 0 radical (unpaired) electrons. The van der Waals surface area contributed by atoms with Crippen molar-refractivity contribution in [3.05, 3.63) is 51.2 Å². The zero-order chi connectivity index (χ0) is 15.8. The third-order valence-electron chi connectivity index (χ3n) is 2.65. The number of halogens is 6. The highest BCUT2D eigenvalue weighted by atomic mass is 79.9. The smallest absolute Gasteiger partial charge is 0.397 e. The Morgan fingerprint density at radius 1 is 1.10 bits per heavy atom. The van der Waals surface area contributed by atoms with Gasteiger partial charge in [0.05, 0.1) is 27.1 Å². The Morgan fingerprint density at radius 3 is 2.38 bits per heavy atom. The number of alkyl halides is 3. The van der Waals surface area contributed by atoms with Crippen LogP contribution in [0.2, 0.25) is 5.02 Å². The molecule has 0 amide bonds. The van der Waals surface area contributed by atoms with Gasteiger partial charge in [0, 0.05) is 11.1 Å². The summed E-state index contributed by atoms with van der Waals surface area (Å²) in [5.74, 6) is -0.644. The van der Waals surface area contributed by atoms with Crippen LogP contribution in [0.3, 0.4) is 0 Å². The fourth-order valence-corrected chi connectivity index (χ4v) is 2.21. The predicted octanol–water partition coefficient (Wildman–Crippen LogP) is 5.59. The molecule has 2 aromatic carbocycles. The van der Waals surface area contributed by atoms with E-state index in [0.29, 0.717) is 0 Å². The molecule has 0 unspecified atom stereocenters. The second-order valence-electron chi connectivity index (χ2n) is 4.17. The number of nitrogen functional groups attached to an aromatic ring is 1. The van der Waals surface area contributed by atoms with Crippen molar-refractivity contribution in [2.45, 2.75) is 6.18 Å². The van der Waals surface area contributed by atoms with Gasteiger partial charge in [-0.2, -0.15) is 13.2 Å². The monoisotopic (exact) mass is 382 g/mol. The van der Waals surface area contributed by atoms with E-state index in [4.69, 9.17) is 17.3 Å². The van der Waals surface area contributed by atoms with Gasteiger partial charge in [0.1, 0.15) is 5.82 Å². The first-order valence-electron chi connectivity index (χ1n) is 5.57. The summed E-state index contributed by atoms with van der Waals surface area (Å²) in [4.78, 5) is 0. The molecule has 0 saturated carbocycles. The molecule has 0 atom stereocenters. The molecule has 0 heterocycles. The number of hydrogen-bond donors (Lipinski definition) is 2. The summed E-state index contributed by atoms with van der Waals surface area (Å²) in [7, 11) is 0. The Morgan fingerprint density at radius 2 is 1.76 bits per heavy atom. The molecule has 21 heavy (non-hydrogen) atoms. The largest absolute Gasteiger partial charge is 0.418 e. The first kappa shape index (κ1) is 15.9. The molecule has 0 aromatic heterocycles. The number of anilines is 3. The first-order chi connectivity index (χ1) is 9.68. The quantitative estimate of drug-likeness (QED) is 0.524. The summed E-state index contributed by atoms with van der Waals surface area (Å²) in [5, 5.41) is 2.43. The van der Waals surface area contributed by atoms with E-state index in [1.54, 1.807) is 0 Å². The molecule has 112 valence electrons.